The third-order valence-electron chi connectivity index (χ3n) is 6.57. The number of amides is 1. The van der Waals surface area contributed by atoms with Gasteiger partial charge in [-0.15, -0.1) is 0 Å². The van der Waals surface area contributed by atoms with Crippen molar-refractivity contribution in [1.82, 2.24) is 4.90 Å². The highest BCUT2D eigenvalue weighted by Crippen LogP contribution is 2.48. The molecule has 0 aromatic heterocycles. The quantitative estimate of drug-likeness (QED) is 0.837. The lowest BCUT2D eigenvalue weighted by Gasteiger charge is -2.52. The zero-order valence-corrected chi connectivity index (χ0v) is 16.0. The Morgan fingerprint density at radius 1 is 1.26 bits per heavy atom. The minimum Gasteiger partial charge on any atom is -0.445 e. The molecule has 150 valence electrons. The highest BCUT2D eigenvalue weighted by molar-refractivity contribution is 5.68. The predicted molar refractivity (Wildman–Crippen MR) is 98.4 cm³/mol. The SMILES string of the molecule is C[C@H]1[C@H]2CCC[C@@H](C(C)(O)C(F)F)[C@@H]2CCN1C(=O)OCc1ccccc1. The third-order valence-corrected chi connectivity index (χ3v) is 6.57. The number of rotatable bonds is 4. The Morgan fingerprint density at radius 2 is 1.96 bits per heavy atom. The first-order valence-corrected chi connectivity index (χ1v) is 9.80. The molecule has 27 heavy (non-hydrogen) atoms. The molecule has 1 saturated carbocycles. The van der Waals surface area contributed by atoms with Gasteiger partial charge in [0.15, 0.2) is 0 Å². The van der Waals surface area contributed by atoms with E-state index in [1.165, 1.54) is 6.92 Å². The molecule has 1 aliphatic carbocycles. The van der Waals surface area contributed by atoms with E-state index in [4.69, 9.17) is 4.74 Å². The number of aliphatic hydroxyl groups is 1. The number of nitrogens with zero attached hydrogens (tertiary/aromatic N) is 1. The number of benzene rings is 1. The number of likely N-dealkylation sites (tertiary alicyclic amines) is 1. The molecule has 4 nitrogen and oxygen atoms in total. The molecule has 2 aliphatic rings. The Bertz CT molecular complexity index is 638. The maximum Gasteiger partial charge on any atom is 0.410 e. The molecular formula is C21H29F2NO3. The van der Waals surface area contributed by atoms with Crippen LogP contribution in [-0.2, 0) is 11.3 Å². The monoisotopic (exact) mass is 381 g/mol. The van der Waals surface area contributed by atoms with Crippen LogP contribution in [0.4, 0.5) is 13.6 Å². The van der Waals surface area contributed by atoms with E-state index in [1.807, 2.05) is 37.3 Å². The zero-order chi connectivity index (χ0) is 19.6. The van der Waals surface area contributed by atoms with Gasteiger partial charge in [0, 0.05) is 12.6 Å². The average Bonchev–Trinajstić information content (AvgIpc) is 2.66. The first-order valence-electron chi connectivity index (χ1n) is 9.80. The fourth-order valence-corrected chi connectivity index (χ4v) is 4.98. The molecule has 6 heteroatoms. The molecule has 2 fully saturated rings. The largest absolute Gasteiger partial charge is 0.445 e. The minimum absolute atomic E-state index is 0.0101. The van der Waals surface area contributed by atoms with Gasteiger partial charge < -0.3 is 14.7 Å². The van der Waals surface area contributed by atoms with E-state index < -0.39 is 17.9 Å². The summed E-state index contributed by atoms with van der Waals surface area (Å²) in [6.07, 6.45) is -0.180. The van der Waals surface area contributed by atoms with Crippen LogP contribution in [0.5, 0.6) is 0 Å². The second kappa shape index (κ2) is 8.13. The summed E-state index contributed by atoms with van der Waals surface area (Å²) in [5.41, 5.74) is -1.04. The van der Waals surface area contributed by atoms with Crippen molar-refractivity contribution in [3.05, 3.63) is 35.9 Å². The van der Waals surface area contributed by atoms with Crippen molar-refractivity contribution >= 4 is 6.09 Å². The van der Waals surface area contributed by atoms with E-state index >= 15 is 0 Å². The molecule has 3 rings (SSSR count). The van der Waals surface area contributed by atoms with Crippen LogP contribution >= 0.6 is 0 Å². The van der Waals surface area contributed by atoms with Crippen LogP contribution in [0.3, 0.4) is 0 Å². The molecule has 0 radical (unpaired) electrons. The summed E-state index contributed by atoms with van der Waals surface area (Å²) in [5, 5.41) is 10.4. The lowest BCUT2D eigenvalue weighted by molar-refractivity contribution is -0.159. The predicted octanol–water partition coefficient (Wildman–Crippen LogP) is 4.47. The van der Waals surface area contributed by atoms with Crippen LogP contribution < -0.4 is 0 Å². The van der Waals surface area contributed by atoms with E-state index in [1.54, 1.807) is 4.90 Å². The number of carbonyl (C=O) groups is 1. The average molecular weight is 381 g/mol. The number of halogens is 2. The van der Waals surface area contributed by atoms with Crippen LogP contribution in [0.2, 0.25) is 0 Å². The van der Waals surface area contributed by atoms with Crippen molar-refractivity contribution in [3.8, 4) is 0 Å². The lowest BCUT2D eigenvalue weighted by atomic mass is 9.61. The fraction of sp³-hybridized carbons (Fsp3) is 0.667. The molecule has 5 atom stereocenters. The molecule has 1 aromatic carbocycles. The fourth-order valence-electron chi connectivity index (χ4n) is 4.98. The zero-order valence-electron chi connectivity index (χ0n) is 16.0. The number of fused-ring (bicyclic) bond motifs is 1. The Hall–Kier alpha value is -1.69. The molecule has 1 aromatic rings. The molecule has 1 unspecified atom stereocenters. The first-order chi connectivity index (χ1) is 12.8. The Balaban J connectivity index is 1.65. The summed E-state index contributed by atoms with van der Waals surface area (Å²) in [6, 6.07) is 9.43. The van der Waals surface area contributed by atoms with E-state index in [-0.39, 0.29) is 30.6 Å². The third kappa shape index (κ3) is 4.10. The minimum atomic E-state index is -2.76. The van der Waals surface area contributed by atoms with Gasteiger partial charge in [-0.05, 0) is 56.4 Å². The lowest BCUT2D eigenvalue weighted by Crippen LogP contribution is -2.57. The van der Waals surface area contributed by atoms with Gasteiger partial charge in [-0.25, -0.2) is 13.6 Å². The maximum absolute atomic E-state index is 13.4. The van der Waals surface area contributed by atoms with Gasteiger partial charge in [-0.2, -0.15) is 0 Å². The van der Waals surface area contributed by atoms with Crippen molar-refractivity contribution in [2.45, 2.75) is 64.2 Å². The van der Waals surface area contributed by atoms with E-state index in [2.05, 4.69) is 0 Å². The molecule has 1 aliphatic heterocycles. The Morgan fingerprint density at radius 3 is 2.63 bits per heavy atom. The normalized spacial score (nSPS) is 30.5. The van der Waals surface area contributed by atoms with E-state index in [9.17, 15) is 18.7 Å². The second-order valence-corrected chi connectivity index (χ2v) is 8.15. The van der Waals surface area contributed by atoms with Crippen LogP contribution in [0.25, 0.3) is 0 Å². The smallest absolute Gasteiger partial charge is 0.410 e. The van der Waals surface area contributed by atoms with Gasteiger partial charge in [-0.1, -0.05) is 36.8 Å². The summed E-state index contributed by atoms with van der Waals surface area (Å²) in [4.78, 5) is 14.3. The van der Waals surface area contributed by atoms with E-state index in [0.717, 1.165) is 18.4 Å². The van der Waals surface area contributed by atoms with Crippen LogP contribution in [0.15, 0.2) is 30.3 Å². The summed E-state index contributed by atoms with van der Waals surface area (Å²) in [7, 11) is 0. The van der Waals surface area contributed by atoms with Crippen LogP contribution in [0.1, 0.15) is 45.1 Å². The van der Waals surface area contributed by atoms with Crippen molar-refractivity contribution in [2.75, 3.05) is 6.54 Å². The van der Waals surface area contributed by atoms with Crippen molar-refractivity contribution in [3.63, 3.8) is 0 Å². The van der Waals surface area contributed by atoms with Crippen molar-refractivity contribution < 1.29 is 23.4 Å². The molecule has 1 amide bonds. The summed E-state index contributed by atoms with van der Waals surface area (Å²) in [6.45, 7) is 3.93. The highest BCUT2D eigenvalue weighted by atomic mass is 19.3. The maximum atomic E-state index is 13.4. The molecule has 1 heterocycles. The topological polar surface area (TPSA) is 49.8 Å². The van der Waals surface area contributed by atoms with Gasteiger partial charge >= 0.3 is 6.09 Å². The Labute approximate surface area is 159 Å². The van der Waals surface area contributed by atoms with Gasteiger partial charge in [0.05, 0.1) is 0 Å². The number of ether oxygens (including phenoxy) is 1. The molecule has 0 spiro atoms. The Kier molecular flexibility index (Phi) is 6.04. The standard InChI is InChI=1S/C21H29F2NO3/c1-14-16-9-6-10-18(21(2,26)19(22)23)17(16)11-12-24(14)20(25)27-13-15-7-4-3-5-8-15/h3-5,7-8,14,16-19,26H,6,9-13H2,1-2H3/t14-,16+,17+,18+,21?/m0/s1. The molecule has 1 N–H and O–H groups in total. The van der Waals surface area contributed by atoms with Gasteiger partial charge in [0.2, 0.25) is 0 Å². The van der Waals surface area contributed by atoms with Gasteiger partial charge in [0.1, 0.15) is 12.2 Å². The highest BCUT2D eigenvalue weighted by Gasteiger charge is 2.51. The summed E-state index contributed by atoms with van der Waals surface area (Å²) in [5.74, 6) is -0.302. The number of hydrogen-bond donors (Lipinski definition) is 1. The van der Waals surface area contributed by atoms with Crippen LogP contribution in [0, 0.1) is 17.8 Å². The molecular weight excluding hydrogens is 352 g/mol. The van der Waals surface area contributed by atoms with Crippen molar-refractivity contribution in [2.24, 2.45) is 17.8 Å². The number of alkyl halides is 2. The van der Waals surface area contributed by atoms with Gasteiger partial charge in [-0.3, -0.25) is 0 Å². The number of piperidine rings is 1. The first kappa shape index (κ1) is 20.1. The summed E-state index contributed by atoms with van der Waals surface area (Å²) < 4.78 is 32.2. The molecule has 1 saturated heterocycles. The summed E-state index contributed by atoms with van der Waals surface area (Å²) >= 11 is 0. The van der Waals surface area contributed by atoms with E-state index in [0.29, 0.717) is 19.4 Å². The van der Waals surface area contributed by atoms with Crippen molar-refractivity contribution in [1.29, 1.82) is 0 Å². The second-order valence-electron chi connectivity index (χ2n) is 8.15. The molecule has 0 bridgehead atoms. The number of hydrogen-bond acceptors (Lipinski definition) is 3. The van der Waals surface area contributed by atoms with Crippen LogP contribution in [-0.4, -0.2) is 40.7 Å². The number of carbonyl (C=O) groups excluding carboxylic acids is 1. The van der Waals surface area contributed by atoms with Gasteiger partial charge in [0.25, 0.3) is 6.43 Å².